The van der Waals surface area contributed by atoms with Crippen molar-refractivity contribution >= 4 is 35.5 Å². The number of carboxylic acids is 2. The Hall–Kier alpha value is -0.360. The number of carbonyl (C=O) groups is 2. The average molecular weight is 633 g/mol. The first-order valence-corrected chi connectivity index (χ1v) is 20.3. The van der Waals surface area contributed by atoms with Gasteiger partial charge in [-0.15, -0.1) is 11.8 Å². The van der Waals surface area contributed by atoms with Crippen LogP contribution in [-0.4, -0.2) is 44.7 Å². The SMILES string of the molecule is CCCC(=O)O.CCCCCCCCCCCCCCSCCC(SCCCCCCCCCCCCCC)C(=O)O. The van der Waals surface area contributed by atoms with Crippen molar-refractivity contribution in [2.24, 2.45) is 0 Å². The molecule has 0 radical (unpaired) electrons. The Morgan fingerprint density at radius 3 is 1.14 bits per heavy atom. The lowest BCUT2D eigenvalue weighted by Crippen LogP contribution is -2.17. The molecule has 6 heteroatoms. The van der Waals surface area contributed by atoms with Crippen molar-refractivity contribution in [1.82, 2.24) is 0 Å². The summed E-state index contributed by atoms with van der Waals surface area (Å²) in [4.78, 5) is 21.2. The van der Waals surface area contributed by atoms with E-state index >= 15 is 0 Å². The fourth-order valence-corrected chi connectivity index (χ4v) is 7.24. The fourth-order valence-electron chi connectivity index (χ4n) is 5.00. The van der Waals surface area contributed by atoms with Crippen molar-refractivity contribution in [2.45, 2.75) is 199 Å². The third-order valence-corrected chi connectivity index (χ3v) is 10.2. The first-order chi connectivity index (χ1) is 20.5. The quantitative estimate of drug-likeness (QED) is 0.0701. The Kier molecular flexibility index (Phi) is 40.3. The fraction of sp³-hybridized carbons (Fsp3) is 0.944. The van der Waals surface area contributed by atoms with Gasteiger partial charge in [0.2, 0.25) is 0 Å². The van der Waals surface area contributed by atoms with Gasteiger partial charge in [-0.1, -0.05) is 162 Å². The lowest BCUT2D eigenvalue weighted by molar-refractivity contribution is -0.137. The molecular weight excluding hydrogens is 561 g/mol. The summed E-state index contributed by atoms with van der Waals surface area (Å²) in [7, 11) is 0. The molecular formula is C36H72O4S2. The Morgan fingerprint density at radius 1 is 0.476 bits per heavy atom. The van der Waals surface area contributed by atoms with E-state index in [4.69, 9.17) is 5.11 Å². The third kappa shape index (κ3) is 39.6. The normalized spacial score (nSPS) is 11.7. The molecule has 0 bridgehead atoms. The van der Waals surface area contributed by atoms with Crippen LogP contribution in [0.2, 0.25) is 0 Å². The maximum absolute atomic E-state index is 11.6. The van der Waals surface area contributed by atoms with Crippen molar-refractivity contribution in [3.05, 3.63) is 0 Å². The number of hydrogen-bond acceptors (Lipinski definition) is 4. The largest absolute Gasteiger partial charge is 0.481 e. The van der Waals surface area contributed by atoms with Gasteiger partial charge in [0.15, 0.2) is 0 Å². The zero-order valence-electron chi connectivity index (χ0n) is 28.3. The van der Waals surface area contributed by atoms with Gasteiger partial charge in [-0.05, 0) is 42.9 Å². The summed E-state index contributed by atoms with van der Waals surface area (Å²) in [5.74, 6) is 1.90. The maximum Gasteiger partial charge on any atom is 0.316 e. The first kappa shape index (κ1) is 43.8. The lowest BCUT2D eigenvalue weighted by atomic mass is 10.1. The molecule has 0 rings (SSSR count). The molecule has 0 fully saturated rings. The van der Waals surface area contributed by atoms with Crippen LogP contribution in [0.4, 0.5) is 0 Å². The van der Waals surface area contributed by atoms with Crippen LogP contribution in [0.25, 0.3) is 0 Å². The molecule has 252 valence electrons. The second-order valence-corrected chi connectivity index (χ2v) is 14.6. The van der Waals surface area contributed by atoms with Gasteiger partial charge in [0.1, 0.15) is 5.25 Å². The molecule has 0 aromatic rings. The molecule has 0 aliphatic heterocycles. The summed E-state index contributed by atoms with van der Waals surface area (Å²) in [5, 5.41) is 17.3. The molecule has 0 aliphatic rings. The number of thioether (sulfide) groups is 2. The molecule has 0 saturated carbocycles. The van der Waals surface area contributed by atoms with Crippen LogP contribution in [0.3, 0.4) is 0 Å². The van der Waals surface area contributed by atoms with Crippen LogP contribution in [-0.2, 0) is 9.59 Å². The van der Waals surface area contributed by atoms with Crippen molar-refractivity contribution in [3.8, 4) is 0 Å². The lowest BCUT2D eigenvalue weighted by Gasteiger charge is -2.12. The smallest absolute Gasteiger partial charge is 0.316 e. The molecule has 0 saturated heterocycles. The molecule has 0 heterocycles. The highest BCUT2D eigenvalue weighted by Gasteiger charge is 2.17. The summed E-state index contributed by atoms with van der Waals surface area (Å²) in [6, 6.07) is 0. The molecule has 1 atom stereocenters. The molecule has 4 nitrogen and oxygen atoms in total. The van der Waals surface area contributed by atoms with Crippen molar-refractivity contribution < 1.29 is 19.8 Å². The molecule has 42 heavy (non-hydrogen) atoms. The third-order valence-electron chi connectivity index (χ3n) is 7.72. The summed E-state index contributed by atoms with van der Waals surface area (Å²) >= 11 is 3.65. The number of carboxylic acid groups (broad SMARTS) is 2. The highest BCUT2D eigenvalue weighted by Crippen LogP contribution is 2.21. The van der Waals surface area contributed by atoms with Gasteiger partial charge in [0, 0.05) is 6.42 Å². The predicted octanol–water partition coefficient (Wildman–Crippen LogP) is 12.6. The first-order valence-electron chi connectivity index (χ1n) is 18.1. The van der Waals surface area contributed by atoms with Gasteiger partial charge in [-0.2, -0.15) is 11.8 Å². The monoisotopic (exact) mass is 632 g/mol. The van der Waals surface area contributed by atoms with E-state index in [0.717, 1.165) is 24.3 Å². The van der Waals surface area contributed by atoms with Crippen LogP contribution in [0.1, 0.15) is 194 Å². The maximum atomic E-state index is 11.6. The second-order valence-electron chi connectivity index (χ2n) is 12.0. The molecule has 2 N–H and O–H groups in total. The molecule has 1 unspecified atom stereocenters. The topological polar surface area (TPSA) is 74.6 Å². The van der Waals surface area contributed by atoms with Gasteiger partial charge in [0.05, 0.1) is 0 Å². The van der Waals surface area contributed by atoms with Gasteiger partial charge in [0.25, 0.3) is 0 Å². The van der Waals surface area contributed by atoms with Crippen molar-refractivity contribution in [2.75, 3.05) is 17.3 Å². The molecule has 0 spiro atoms. The number of rotatable bonds is 33. The summed E-state index contributed by atoms with van der Waals surface area (Å²) in [5.41, 5.74) is 0. The second kappa shape index (κ2) is 38.7. The number of unbranched alkanes of at least 4 members (excludes halogenated alkanes) is 22. The Morgan fingerprint density at radius 2 is 0.833 bits per heavy atom. The zero-order valence-corrected chi connectivity index (χ0v) is 30.0. The van der Waals surface area contributed by atoms with E-state index in [1.165, 1.54) is 160 Å². The van der Waals surface area contributed by atoms with E-state index in [0.29, 0.717) is 6.42 Å². The van der Waals surface area contributed by atoms with E-state index in [9.17, 15) is 14.7 Å². The minimum atomic E-state index is -0.711. The van der Waals surface area contributed by atoms with Gasteiger partial charge < -0.3 is 10.2 Å². The van der Waals surface area contributed by atoms with Crippen molar-refractivity contribution in [1.29, 1.82) is 0 Å². The van der Waals surface area contributed by atoms with E-state index in [1.807, 2.05) is 18.7 Å². The Bertz CT molecular complexity index is 544. The standard InChI is InChI=1S/C32H64O2S2.C4H8O2/c1-3-5-7-9-11-13-15-17-19-21-23-25-28-35-30-27-31(32(33)34)36-29-26-24-22-20-18-16-14-12-10-8-6-4-2;1-2-3-4(5)6/h31H,3-30H2,1-2H3,(H,33,34);2-3H2,1H3,(H,5,6). The highest BCUT2D eigenvalue weighted by atomic mass is 32.2. The molecule has 0 aromatic carbocycles. The van der Waals surface area contributed by atoms with E-state index in [1.54, 1.807) is 11.8 Å². The summed E-state index contributed by atoms with van der Waals surface area (Å²) in [6.45, 7) is 6.40. The number of aliphatic carboxylic acids is 2. The number of hydrogen-bond donors (Lipinski definition) is 2. The van der Waals surface area contributed by atoms with E-state index < -0.39 is 11.9 Å². The minimum Gasteiger partial charge on any atom is -0.481 e. The Balaban J connectivity index is 0. The molecule has 0 aliphatic carbocycles. The average Bonchev–Trinajstić information content (AvgIpc) is 2.96. The van der Waals surface area contributed by atoms with Gasteiger partial charge in [-0.3, -0.25) is 9.59 Å². The van der Waals surface area contributed by atoms with Crippen LogP contribution in [0.15, 0.2) is 0 Å². The van der Waals surface area contributed by atoms with E-state index in [2.05, 4.69) is 13.8 Å². The summed E-state index contributed by atoms with van der Waals surface area (Å²) in [6.07, 6.45) is 34.9. The van der Waals surface area contributed by atoms with Crippen LogP contribution >= 0.6 is 23.5 Å². The van der Waals surface area contributed by atoms with Crippen LogP contribution < -0.4 is 0 Å². The summed E-state index contributed by atoms with van der Waals surface area (Å²) < 4.78 is 0. The minimum absolute atomic E-state index is 0.202. The van der Waals surface area contributed by atoms with E-state index in [-0.39, 0.29) is 5.25 Å². The van der Waals surface area contributed by atoms with Crippen LogP contribution in [0.5, 0.6) is 0 Å². The predicted molar refractivity (Wildman–Crippen MR) is 191 cm³/mol. The zero-order chi connectivity index (χ0) is 31.4. The van der Waals surface area contributed by atoms with Gasteiger partial charge in [-0.25, -0.2) is 0 Å². The Labute approximate surface area is 271 Å². The van der Waals surface area contributed by atoms with Crippen molar-refractivity contribution in [3.63, 3.8) is 0 Å². The van der Waals surface area contributed by atoms with Gasteiger partial charge >= 0.3 is 11.9 Å². The molecule has 0 aromatic heterocycles. The highest BCUT2D eigenvalue weighted by molar-refractivity contribution is 8.01. The molecule has 0 amide bonds. The van der Waals surface area contributed by atoms with Crippen LogP contribution in [0, 0.1) is 0 Å².